The van der Waals surface area contributed by atoms with Crippen LogP contribution in [0.25, 0.3) is 0 Å². The second-order valence-corrected chi connectivity index (χ2v) is 6.76. The van der Waals surface area contributed by atoms with E-state index in [4.69, 9.17) is 22.1 Å². The molecule has 0 aliphatic heterocycles. The van der Waals surface area contributed by atoms with Crippen LogP contribution in [-0.4, -0.2) is 17.7 Å². The van der Waals surface area contributed by atoms with Crippen LogP contribution in [0.5, 0.6) is 11.5 Å². The highest BCUT2D eigenvalue weighted by Crippen LogP contribution is 2.22. The first kappa shape index (κ1) is 20.9. The van der Waals surface area contributed by atoms with Gasteiger partial charge in [-0.25, -0.2) is 0 Å². The molecule has 0 saturated carbocycles. The van der Waals surface area contributed by atoms with E-state index in [0.29, 0.717) is 27.6 Å². The fraction of sp³-hybridized carbons (Fsp3) is 0.0455. The molecule has 3 amide bonds. The zero-order valence-corrected chi connectivity index (χ0v) is 16.5. The molecule has 0 spiro atoms. The SMILES string of the molecule is NC(=O)c1ccc(Oc2ccc(C(=O)NNC(=O)Cc3ccc(Cl)cc3)cc2)cc1. The van der Waals surface area contributed by atoms with E-state index in [1.807, 2.05) is 0 Å². The molecule has 0 atom stereocenters. The Morgan fingerprint density at radius 3 is 1.83 bits per heavy atom. The van der Waals surface area contributed by atoms with E-state index in [2.05, 4.69) is 10.9 Å². The number of benzene rings is 3. The summed E-state index contributed by atoms with van der Waals surface area (Å²) in [5.41, 5.74) is 11.4. The number of nitrogens with one attached hydrogen (secondary N) is 2. The summed E-state index contributed by atoms with van der Waals surface area (Å²) < 4.78 is 5.66. The molecule has 3 aromatic rings. The van der Waals surface area contributed by atoms with Crippen LogP contribution in [0.1, 0.15) is 26.3 Å². The molecule has 0 radical (unpaired) electrons. The zero-order chi connectivity index (χ0) is 21.5. The Balaban J connectivity index is 1.51. The monoisotopic (exact) mass is 423 g/mol. The van der Waals surface area contributed by atoms with E-state index in [1.54, 1.807) is 72.8 Å². The lowest BCUT2D eigenvalue weighted by Crippen LogP contribution is -2.42. The summed E-state index contributed by atoms with van der Waals surface area (Å²) in [7, 11) is 0. The Labute approximate surface area is 177 Å². The minimum absolute atomic E-state index is 0.110. The molecule has 4 N–H and O–H groups in total. The molecular formula is C22H18ClN3O4. The van der Waals surface area contributed by atoms with Crippen LogP contribution in [-0.2, 0) is 11.2 Å². The molecule has 3 rings (SSSR count). The van der Waals surface area contributed by atoms with Crippen molar-refractivity contribution in [2.45, 2.75) is 6.42 Å². The van der Waals surface area contributed by atoms with Gasteiger partial charge in [-0.1, -0.05) is 23.7 Å². The highest BCUT2D eigenvalue weighted by molar-refractivity contribution is 6.30. The highest BCUT2D eigenvalue weighted by atomic mass is 35.5. The Morgan fingerprint density at radius 1 is 0.767 bits per heavy atom. The maximum atomic E-state index is 12.2. The molecule has 152 valence electrons. The fourth-order valence-electron chi connectivity index (χ4n) is 2.53. The average molecular weight is 424 g/mol. The lowest BCUT2D eigenvalue weighted by atomic mass is 10.1. The Bertz CT molecular complexity index is 1050. The van der Waals surface area contributed by atoms with Crippen molar-refractivity contribution in [1.82, 2.24) is 10.9 Å². The van der Waals surface area contributed by atoms with Crippen LogP contribution < -0.4 is 21.3 Å². The van der Waals surface area contributed by atoms with Crippen LogP contribution in [0.2, 0.25) is 5.02 Å². The van der Waals surface area contributed by atoms with Gasteiger partial charge in [0, 0.05) is 16.1 Å². The highest BCUT2D eigenvalue weighted by Gasteiger charge is 2.09. The average Bonchev–Trinajstić information content (AvgIpc) is 2.74. The van der Waals surface area contributed by atoms with Crippen molar-refractivity contribution < 1.29 is 19.1 Å². The maximum absolute atomic E-state index is 12.2. The summed E-state index contributed by atoms with van der Waals surface area (Å²) in [5, 5.41) is 0.586. The van der Waals surface area contributed by atoms with Crippen molar-refractivity contribution in [3.8, 4) is 11.5 Å². The van der Waals surface area contributed by atoms with E-state index in [0.717, 1.165) is 5.56 Å². The van der Waals surface area contributed by atoms with E-state index in [1.165, 1.54) is 0 Å². The number of nitrogens with two attached hydrogens (primary N) is 1. The molecule has 30 heavy (non-hydrogen) atoms. The summed E-state index contributed by atoms with van der Waals surface area (Å²) >= 11 is 5.81. The van der Waals surface area contributed by atoms with Crippen molar-refractivity contribution in [2.75, 3.05) is 0 Å². The number of hydrazine groups is 1. The topological polar surface area (TPSA) is 111 Å². The summed E-state index contributed by atoms with van der Waals surface area (Å²) in [6.07, 6.45) is 0.110. The second kappa shape index (κ2) is 9.58. The third-order valence-corrected chi connectivity index (χ3v) is 4.34. The molecule has 0 unspecified atom stereocenters. The van der Waals surface area contributed by atoms with Crippen LogP contribution in [0.3, 0.4) is 0 Å². The van der Waals surface area contributed by atoms with E-state index in [-0.39, 0.29) is 12.3 Å². The number of primary amides is 1. The standard InChI is InChI=1S/C22H18ClN3O4/c23-17-7-1-14(2-8-17)13-20(27)25-26-22(29)16-5-11-19(12-6-16)30-18-9-3-15(4-10-18)21(24)28/h1-12H,13H2,(H2,24,28)(H,25,27)(H,26,29). The molecule has 3 aromatic carbocycles. The van der Waals surface area contributed by atoms with Crippen LogP contribution in [0.15, 0.2) is 72.8 Å². The number of ether oxygens (including phenoxy) is 1. The minimum Gasteiger partial charge on any atom is -0.457 e. The number of rotatable bonds is 6. The van der Waals surface area contributed by atoms with Gasteiger partial charge in [0.05, 0.1) is 6.42 Å². The summed E-state index contributed by atoms with van der Waals surface area (Å²) in [5.74, 6) is -0.309. The van der Waals surface area contributed by atoms with Crippen molar-refractivity contribution in [1.29, 1.82) is 0 Å². The van der Waals surface area contributed by atoms with E-state index < -0.39 is 11.8 Å². The van der Waals surface area contributed by atoms with Gasteiger partial charge in [-0.3, -0.25) is 25.2 Å². The quantitative estimate of drug-likeness (QED) is 0.528. The Kier molecular flexibility index (Phi) is 6.67. The van der Waals surface area contributed by atoms with Gasteiger partial charge in [-0.05, 0) is 66.2 Å². The van der Waals surface area contributed by atoms with Crippen LogP contribution in [0, 0.1) is 0 Å². The predicted molar refractivity (Wildman–Crippen MR) is 112 cm³/mol. The molecule has 0 aromatic heterocycles. The number of hydrogen-bond donors (Lipinski definition) is 3. The van der Waals surface area contributed by atoms with Crippen molar-refractivity contribution in [3.63, 3.8) is 0 Å². The number of carbonyl (C=O) groups is 3. The molecule has 0 bridgehead atoms. The van der Waals surface area contributed by atoms with Gasteiger partial charge in [-0.2, -0.15) is 0 Å². The summed E-state index contributed by atoms with van der Waals surface area (Å²) in [6, 6.07) is 19.6. The van der Waals surface area contributed by atoms with Crippen molar-refractivity contribution in [3.05, 3.63) is 94.5 Å². The third-order valence-electron chi connectivity index (χ3n) is 4.08. The van der Waals surface area contributed by atoms with Gasteiger partial charge in [0.25, 0.3) is 5.91 Å². The lowest BCUT2D eigenvalue weighted by molar-refractivity contribution is -0.121. The first-order chi connectivity index (χ1) is 14.4. The molecular weight excluding hydrogens is 406 g/mol. The molecule has 0 saturated heterocycles. The number of carbonyl (C=O) groups excluding carboxylic acids is 3. The zero-order valence-electron chi connectivity index (χ0n) is 15.7. The molecule has 7 nitrogen and oxygen atoms in total. The molecule has 0 aliphatic carbocycles. The molecule has 0 aliphatic rings. The van der Waals surface area contributed by atoms with Crippen LogP contribution >= 0.6 is 11.6 Å². The first-order valence-electron chi connectivity index (χ1n) is 8.92. The van der Waals surface area contributed by atoms with Gasteiger partial charge in [0.15, 0.2) is 0 Å². The van der Waals surface area contributed by atoms with Gasteiger partial charge in [0.1, 0.15) is 11.5 Å². The van der Waals surface area contributed by atoms with Gasteiger partial charge in [0.2, 0.25) is 11.8 Å². The Hall–Kier alpha value is -3.84. The summed E-state index contributed by atoms with van der Waals surface area (Å²) in [6.45, 7) is 0. The largest absolute Gasteiger partial charge is 0.457 e. The first-order valence-corrected chi connectivity index (χ1v) is 9.30. The van der Waals surface area contributed by atoms with Gasteiger partial charge < -0.3 is 10.5 Å². The maximum Gasteiger partial charge on any atom is 0.269 e. The van der Waals surface area contributed by atoms with Crippen LogP contribution in [0.4, 0.5) is 0 Å². The van der Waals surface area contributed by atoms with Gasteiger partial charge >= 0.3 is 0 Å². The van der Waals surface area contributed by atoms with Gasteiger partial charge in [-0.15, -0.1) is 0 Å². The summed E-state index contributed by atoms with van der Waals surface area (Å²) in [4.78, 5) is 35.2. The molecule has 8 heteroatoms. The number of amides is 3. The smallest absolute Gasteiger partial charge is 0.269 e. The Morgan fingerprint density at radius 2 is 1.30 bits per heavy atom. The fourth-order valence-corrected chi connectivity index (χ4v) is 2.65. The van der Waals surface area contributed by atoms with E-state index in [9.17, 15) is 14.4 Å². The molecule has 0 heterocycles. The minimum atomic E-state index is -0.517. The predicted octanol–water partition coefficient (Wildman–Crippen LogP) is 3.23. The van der Waals surface area contributed by atoms with E-state index >= 15 is 0 Å². The third kappa shape index (κ3) is 5.83. The lowest BCUT2D eigenvalue weighted by Gasteiger charge is -2.09. The number of hydrogen-bond acceptors (Lipinski definition) is 4. The van der Waals surface area contributed by atoms with Crippen molar-refractivity contribution in [2.24, 2.45) is 5.73 Å². The normalized spacial score (nSPS) is 10.2. The molecule has 0 fully saturated rings. The van der Waals surface area contributed by atoms with Crippen molar-refractivity contribution >= 4 is 29.3 Å². The number of halogens is 1. The second-order valence-electron chi connectivity index (χ2n) is 6.32.